The molecule has 1 aromatic carbocycles. The Balaban J connectivity index is 1.63. The molecule has 0 aliphatic carbocycles. The fraction of sp³-hybridized carbons (Fsp3) is 0.444. The Bertz CT molecular complexity index is 885. The number of aromatic nitrogens is 1. The van der Waals surface area contributed by atoms with E-state index in [1.165, 1.54) is 6.92 Å². The van der Waals surface area contributed by atoms with Crippen LogP contribution in [0.3, 0.4) is 0 Å². The lowest BCUT2D eigenvalue weighted by molar-refractivity contribution is -0.119. The van der Waals surface area contributed by atoms with E-state index in [1.807, 2.05) is 18.4 Å². The number of hydrogen-bond acceptors (Lipinski definition) is 5. The Morgan fingerprint density at radius 3 is 2.73 bits per heavy atom. The molecule has 8 heteroatoms. The molecule has 0 bridgehead atoms. The van der Waals surface area contributed by atoms with Crippen molar-refractivity contribution in [2.45, 2.75) is 44.0 Å². The highest BCUT2D eigenvalue weighted by atomic mass is 32.2. The molecule has 0 atom stereocenters. The van der Waals surface area contributed by atoms with E-state index < -0.39 is 10.0 Å². The van der Waals surface area contributed by atoms with Gasteiger partial charge >= 0.3 is 0 Å². The van der Waals surface area contributed by atoms with E-state index in [0.29, 0.717) is 24.5 Å². The van der Waals surface area contributed by atoms with Gasteiger partial charge in [-0.05, 0) is 37.5 Å². The minimum atomic E-state index is -3.43. The van der Waals surface area contributed by atoms with E-state index in [2.05, 4.69) is 10.3 Å². The highest BCUT2D eigenvalue weighted by Gasteiger charge is 2.31. The third-order valence-corrected chi connectivity index (χ3v) is 7.47. The average Bonchev–Trinajstić information content (AvgIpc) is 3.09. The summed E-state index contributed by atoms with van der Waals surface area (Å²) < 4.78 is 27.2. The summed E-state index contributed by atoms with van der Waals surface area (Å²) in [5, 5.41) is 5.73. The Kier molecular flexibility index (Phi) is 5.74. The molecule has 1 aliphatic heterocycles. The number of sulfonamides is 1. The zero-order valence-corrected chi connectivity index (χ0v) is 16.6. The van der Waals surface area contributed by atoms with Gasteiger partial charge in [-0.1, -0.05) is 12.1 Å². The molecule has 2 aromatic rings. The lowest BCUT2D eigenvalue weighted by Gasteiger charge is -2.30. The Labute approximate surface area is 158 Å². The monoisotopic (exact) mass is 393 g/mol. The number of rotatable bonds is 5. The molecule has 0 radical (unpaired) electrons. The van der Waals surface area contributed by atoms with Crippen molar-refractivity contribution in [2.75, 3.05) is 13.1 Å². The number of thiazole rings is 1. The summed E-state index contributed by atoms with van der Waals surface area (Å²) in [5.74, 6) is 0.198. The van der Waals surface area contributed by atoms with Crippen molar-refractivity contribution in [3.05, 3.63) is 45.9 Å². The number of benzene rings is 1. The molecule has 1 fully saturated rings. The van der Waals surface area contributed by atoms with Gasteiger partial charge in [-0.3, -0.25) is 4.79 Å². The van der Waals surface area contributed by atoms with Crippen LogP contribution in [0, 0.1) is 6.92 Å². The predicted molar refractivity (Wildman–Crippen MR) is 102 cm³/mol. The summed E-state index contributed by atoms with van der Waals surface area (Å²) in [7, 11) is -3.43. The van der Waals surface area contributed by atoms with Crippen LogP contribution in [0.5, 0.6) is 0 Å². The smallest absolute Gasteiger partial charge is 0.243 e. The lowest BCUT2D eigenvalue weighted by atomic mass is 9.99. The molecule has 2 heterocycles. The maximum atomic E-state index is 12.8. The second-order valence-corrected chi connectivity index (χ2v) is 9.41. The van der Waals surface area contributed by atoms with E-state index in [4.69, 9.17) is 0 Å². The molecule has 0 saturated carbocycles. The Hall–Kier alpha value is -1.77. The first kappa shape index (κ1) is 19.0. The second-order valence-electron chi connectivity index (χ2n) is 6.58. The molecule has 140 valence electrons. The summed E-state index contributed by atoms with van der Waals surface area (Å²) in [6.07, 6.45) is 1.52. The minimum Gasteiger partial charge on any atom is -0.351 e. The first-order chi connectivity index (χ1) is 12.4. The fourth-order valence-electron chi connectivity index (χ4n) is 3.07. The zero-order chi connectivity index (χ0) is 18.7. The van der Waals surface area contributed by atoms with Crippen LogP contribution in [0.4, 0.5) is 0 Å². The van der Waals surface area contributed by atoms with E-state index in [1.54, 1.807) is 33.8 Å². The molecule has 1 saturated heterocycles. The van der Waals surface area contributed by atoms with Crippen molar-refractivity contribution >= 4 is 27.3 Å². The number of aryl methyl sites for hydroxylation is 1. The molecule has 0 spiro atoms. The normalized spacial score (nSPS) is 16.5. The fourth-order valence-corrected chi connectivity index (χ4v) is 5.64. The van der Waals surface area contributed by atoms with Crippen LogP contribution in [0.15, 0.2) is 34.5 Å². The van der Waals surface area contributed by atoms with E-state index >= 15 is 0 Å². The standard InChI is InChI=1S/C18H23N3O3S2/c1-13-4-3-5-17(10-13)26(23,24)21-8-6-15(7-9-21)18-20-16(12-25-18)11-19-14(2)22/h3-5,10,12,15H,6-9,11H2,1-2H3,(H,19,22). The SMILES string of the molecule is CC(=O)NCc1csc(C2CCN(S(=O)(=O)c3cccc(C)c3)CC2)n1. The molecular formula is C18H23N3O3S2. The number of piperidine rings is 1. The first-order valence-corrected chi connectivity index (χ1v) is 10.9. The van der Waals surface area contributed by atoms with Gasteiger partial charge in [-0.15, -0.1) is 11.3 Å². The number of nitrogens with one attached hydrogen (secondary N) is 1. The Morgan fingerprint density at radius 2 is 2.08 bits per heavy atom. The van der Waals surface area contributed by atoms with E-state index in [-0.39, 0.29) is 11.8 Å². The third-order valence-electron chi connectivity index (χ3n) is 4.52. The van der Waals surface area contributed by atoms with Crippen LogP contribution in [0.25, 0.3) is 0 Å². The maximum absolute atomic E-state index is 12.8. The van der Waals surface area contributed by atoms with Crippen LogP contribution < -0.4 is 5.32 Å². The van der Waals surface area contributed by atoms with Gasteiger partial charge in [0.05, 0.1) is 22.1 Å². The number of nitrogens with zero attached hydrogens (tertiary/aromatic N) is 2. The lowest BCUT2D eigenvalue weighted by Crippen LogP contribution is -2.37. The van der Waals surface area contributed by atoms with Gasteiger partial charge in [-0.2, -0.15) is 4.31 Å². The number of carbonyl (C=O) groups is 1. The molecule has 26 heavy (non-hydrogen) atoms. The zero-order valence-electron chi connectivity index (χ0n) is 14.9. The van der Waals surface area contributed by atoms with Crippen molar-refractivity contribution in [3.63, 3.8) is 0 Å². The topological polar surface area (TPSA) is 79.4 Å². The number of carbonyl (C=O) groups excluding carboxylic acids is 1. The number of amides is 1. The van der Waals surface area contributed by atoms with E-state index in [9.17, 15) is 13.2 Å². The third kappa shape index (κ3) is 4.31. The molecule has 1 aliphatic rings. The summed E-state index contributed by atoms with van der Waals surface area (Å²) in [5.41, 5.74) is 1.80. The van der Waals surface area contributed by atoms with Gasteiger partial charge in [0.25, 0.3) is 0 Å². The molecule has 0 unspecified atom stereocenters. The first-order valence-electron chi connectivity index (χ1n) is 8.62. The van der Waals surface area contributed by atoms with Gasteiger partial charge in [0.2, 0.25) is 15.9 Å². The van der Waals surface area contributed by atoms with Gasteiger partial charge < -0.3 is 5.32 Å². The van der Waals surface area contributed by atoms with Crippen molar-refractivity contribution < 1.29 is 13.2 Å². The van der Waals surface area contributed by atoms with Crippen molar-refractivity contribution in [1.29, 1.82) is 0 Å². The van der Waals surface area contributed by atoms with Crippen LogP contribution in [-0.2, 0) is 21.4 Å². The van der Waals surface area contributed by atoms with Crippen molar-refractivity contribution in [3.8, 4) is 0 Å². The molecule has 3 rings (SSSR count). The average molecular weight is 394 g/mol. The summed E-state index contributed by atoms with van der Waals surface area (Å²) >= 11 is 1.58. The largest absolute Gasteiger partial charge is 0.351 e. The molecule has 1 amide bonds. The summed E-state index contributed by atoms with van der Waals surface area (Å²) in [4.78, 5) is 16.0. The maximum Gasteiger partial charge on any atom is 0.243 e. The summed E-state index contributed by atoms with van der Waals surface area (Å²) in [6, 6.07) is 7.05. The molecule has 1 aromatic heterocycles. The van der Waals surface area contributed by atoms with Crippen LogP contribution >= 0.6 is 11.3 Å². The van der Waals surface area contributed by atoms with Gasteiger partial charge in [0.1, 0.15) is 0 Å². The van der Waals surface area contributed by atoms with Gasteiger partial charge in [0, 0.05) is 31.3 Å². The second kappa shape index (κ2) is 7.85. The van der Waals surface area contributed by atoms with Crippen molar-refractivity contribution in [1.82, 2.24) is 14.6 Å². The highest BCUT2D eigenvalue weighted by molar-refractivity contribution is 7.89. The highest BCUT2D eigenvalue weighted by Crippen LogP contribution is 2.32. The predicted octanol–water partition coefficient (Wildman–Crippen LogP) is 2.66. The van der Waals surface area contributed by atoms with Crippen LogP contribution in [0.1, 0.15) is 41.9 Å². The van der Waals surface area contributed by atoms with Gasteiger partial charge in [0.15, 0.2) is 0 Å². The molecular weight excluding hydrogens is 370 g/mol. The van der Waals surface area contributed by atoms with Crippen LogP contribution in [-0.4, -0.2) is 36.7 Å². The van der Waals surface area contributed by atoms with Crippen LogP contribution in [0.2, 0.25) is 0 Å². The molecule has 1 N–H and O–H groups in total. The Morgan fingerprint density at radius 1 is 1.35 bits per heavy atom. The minimum absolute atomic E-state index is 0.0748. The number of hydrogen-bond donors (Lipinski definition) is 1. The van der Waals surface area contributed by atoms with Crippen molar-refractivity contribution in [2.24, 2.45) is 0 Å². The summed E-state index contributed by atoms with van der Waals surface area (Å²) in [6.45, 7) is 4.82. The van der Waals surface area contributed by atoms with Gasteiger partial charge in [-0.25, -0.2) is 13.4 Å². The molecule has 6 nitrogen and oxygen atoms in total. The quantitative estimate of drug-likeness (QED) is 0.847. The van der Waals surface area contributed by atoms with E-state index in [0.717, 1.165) is 29.1 Å².